The molecule has 1 heterocycles. The van der Waals surface area contributed by atoms with Gasteiger partial charge in [0.05, 0.1) is 12.0 Å². The number of carbonyl (C=O) groups excluding carboxylic acids is 1. The molecule has 1 aromatic rings. The van der Waals surface area contributed by atoms with E-state index >= 15 is 0 Å². The van der Waals surface area contributed by atoms with Crippen molar-refractivity contribution in [1.82, 2.24) is 0 Å². The van der Waals surface area contributed by atoms with E-state index in [0.29, 0.717) is 4.88 Å². The number of carboxylic acid groups (broad SMARTS) is 1. The van der Waals surface area contributed by atoms with E-state index in [1.807, 2.05) is 0 Å². The van der Waals surface area contributed by atoms with Crippen LogP contribution >= 0.6 is 22.9 Å². The van der Waals surface area contributed by atoms with Gasteiger partial charge in [-0.3, -0.25) is 4.79 Å². The summed E-state index contributed by atoms with van der Waals surface area (Å²) in [6.45, 7) is 0. The fraction of sp³-hybridized carbons (Fsp3) is 0.143. The number of hydrogen-bond donors (Lipinski definition) is 1. The van der Waals surface area contributed by atoms with Gasteiger partial charge in [0.2, 0.25) is 5.24 Å². The first-order valence-electron chi connectivity index (χ1n) is 3.09. The van der Waals surface area contributed by atoms with Gasteiger partial charge in [-0.05, 0) is 23.0 Å². The molecule has 0 spiro atoms. The van der Waals surface area contributed by atoms with Gasteiger partial charge >= 0.3 is 5.97 Å². The third-order valence-corrected chi connectivity index (χ3v) is 2.33. The van der Waals surface area contributed by atoms with Crippen molar-refractivity contribution < 1.29 is 14.7 Å². The Balaban J connectivity index is 2.91. The van der Waals surface area contributed by atoms with Crippen LogP contribution in [-0.4, -0.2) is 16.3 Å². The number of thiophene rings is 1. The third kappa shape index (κ3) is 2.06. The predicted octanol–water partition coefficient (Wildman–Crippen LogP) is 1.75. The van der Waals surface area contributed by atoms with E-state index in [9.17, 15) is 9.59 Å². The molecule has 0 bridgehead atoms. The first-order chi connectivity index (χ1) is 5.61. The molecule has 0 aliphatic carbocycles. The highest BCUT2D eigenvalue weighted by Crippen LogP contribution is 2.18. The topological polar surface area (TPSA) is 54.4 Å². The Morgan fingerprint density at radius 2 is 2.25 bits per heavy atom. The minimum Gasteiger partial charge on any atom is -0.478 e. The molecule has 0 saturated carbocycles. The lowest BCUT2D eigenvalue weighted by molar-refractivity contribution is -0.111. The second-order valence-electron chi connectivity index (χ2n) is 2.09. The van der Waals surface area contributed by atoms with E-state index in [1.165, 1.54) is 17.4 Å². The van der Waals surface area contributed by atoms with Crippen LogP contribution in [0, 0.1) is 0 Å². The molecule has 0 amide bonds. The number of carboxylic acids is 1. The summed E-state index contributed by atoms with van der Waals surface area (Å²) in [7, 11) is 0. The second-order valence-corrected chi connectivity index (χ2v) is 3.52. The quantitative estimate of drug-likeness (QED) is 0.764. The summed E-state index contributed by atoms with van der Waals surface area (Å²) in [6, 6.07) is 1.46. The summed E-state index contributed by atoms with van der Waals surface area (Å²) in [5.74, 6) is -1.02. The minimum atomic E-state index is -1.02. The molecule has 12 heavy (non-hydrogen) atoms. The van der Waals surface area contributed by atoms with Crippen LogP contribution in [0.4, 0.5) is 0 Å². The Kier molecular flexibility index (Phi) is 2.83. The van der Waals surface area contributed by atoms with Crippen molar-refractivity contribution in [2.45, 2.75) is 6.42 Å². The summed E-state index contributed by atoms with van der Waals surface area (Å²) in [4.78, 5) is 21.5. The summed E-state index contributed by atoms with van der Waals surface area (Å²) >= 11 is 6.34. The maximum absolute atomic E-state index is 10.5. The molecule has 3 nitrogen and oxygen atoms in total. The van der Waals surface area contributed by atoms with Crippen molar-refractivity contribution in [1.29, 1.82) is 0 Å². The number of rotatable bonds is 3. The number of halogens is 1. The molecule has 0 atom stereocenters. The van der Waals surface area contributed by atoms with Crippen molar-refractivity contribution in [2.75, 3.05) is 0 Å². The van der Waals surface area contributed by atoms with Gasteiger partial charge in [0.15, 0.2) is 0 Å². The first-order valence-corrected chi connectivity index (χ1v) is 4.35. The van der Waals surface area contributed by atoms with Crippen LogP contribution in [0.3, 0.4) is 0 Å². The van der Waals surface area contributed by atoms with Crippen LogP contribution in [0.15, 0.2) is 11.4 Å². The molecule has 0 radical (unpaired) electrons. The Morgan fingerprint density at radius 1 is 1.58 bits per heavy atom. The molecule has 0 saturated heterocycles. The van der Waals surface area contributed by atoms with Crippen molar-refractivity contribution in [3.8, 4) is 0 Å². The standard InChI is InChI=1S/C7H5ClO3S/c8-6(9)3-5-4(7(10)11)1-2-12-5/h1-2H,3H2,(H,10,11). The number of carbonyl (C=O) groups is 2. The van der Waals surface area contributed by atoms with Gasteiger partial charge < -0.3 is 5.11 Å². The van der Waals surface area contributed by atoms with Crippen LogP contribution < -0.4 is 0 Å². The van der Waals surface area contributed by atoms with E-state index < -0.39 is 11.2 Å². The normalized spacial score (nSPS) is 9.75. The smallest absolute Gasteiger partial charge is 0.336 e. The van der Waals surface area contributed by atoms with E-state index in [4.69, 9.17) is 16.7 Å². The highest BCUT2D eigenvalue weighted by Gasteiger charge is 2.12. The average Bonchev–Trinajstić information content (AvgIpc) is 2.33. The van der Waals surface area contributed by atoms with Gasteiger partial charge in [0, 0.05) is 4.88 Å². The van der Waals surface area contributed by atoms with E-state index in [0.717, 1.165) is 0 Å². The van der Waals surface area contributed by atoms with Crippen molar-refractivity contribution in [2.24, 2.45) is 0 Å². The summed E-state index contributed by atoms with van der Waals surface area (Å²) in [6.07, 6.45) is -0.0130. The maximum Gasteiger partial charge on any atom is 0.336 e. The van der Waals surface area contributed by atoms with E-state index in [1.54, 1.807) is 5.38 Å². The molecular formula is C7H5ClO3S. The molecule has 0 aliphatic rings. The zero-order valence-electron chi connectivity index (χ0n) is 5.91. The fourth-order valence-corrected chi connectivity index (χ4v) is 1.87. The van der Waals surface area contributed by atoms with Crippen LogP contribution in [0.25, 0.3) is 0 Å². The first kappa shape index (κ1) is 9.22. The molecule has 1 aromatic heterocycles. The molecular weight excluding hydrogens is 200 g/mol. The molecule has 1 N–H and O–H groups in total. The molecule has 0 aromatic carbocycles. The minimum absolute atomic E-state index is 0.0130. The number of aromatic carboxylic acids is 1. The SMILES string of the molecule is O=C(Cl)Cc1sccc1C(=O)O. The van der Waals surface area contributed by atoms with E-state index in [2.05, 4.69) is 0 Å². The fourth-order valence-electron chi connectivity index (χ4n) is 0.794. The van der Waals surface area contributed by atoms with E-state index in [-0.39, 0.29) is 12.0 Å². The zero-order valence-corrected chi connectivity index (χ0v) is 7.48. The Hall–Kier alpha value is -0.870. The Labute approximate surface area is 77.6 Å². The zero-order chi connectivity index (χ0) is 9.14. The van der Waals surface area contributed by atoms with Crippen molar-refractivity contribution >= 4 is 34.1 Å². The molecule has 64 valence electrons. The summed E-state index contributed by atoms with van der Waals surface area (Å²) in [5, 5.41) is 9.70. The lowest BCUT2D eigenvalue weighted by Gasteiger charge is -1.93. The van der Waals surface area contributed by atoms with Crippen LogP contribution in [0.2, 0.25) is 0 Å². The van der Waals surface area contributed by atoms with Gasteiger partial charge in [-0.15, -0.1) is 11.3 Å². The molecule has 5 heteroatoms. The predicted molar refractivity (Wildman–Crippen MR) is 45.8 cm³/mol. The van der Waals surface area contributed by atoms with Gasteiger partial charge in [-0.1, -0.05) is 0 Å². The van der Waals surface area contributed by atoms with Gasteiger partial charge in [0.1, 0.15) is 0 Å². The summed E-state index contributed by atoms with van der Waals surface area (Å²) in [5.41, 5.74) is 0.161. The Bertz CT molecular complexity index is 318. The van der Waals surface area contributed by atoms with Gasteiger partial charge in [-0.2, -0.15) is 0 Å². The monoisotopic (exact) mass is 204 g/mol. The lowest BCUT2D eigenvalue weighted by Crippen LogP contribution is -2.00. The molecule has 0 fully saturated rings. The van der Waals surface area contributed by atoms with Crippen LogP contribution in [0.5, 0.6) is 0 Å². The third-order valence-electron chi connectivity index (χ3n) is 1.28. The highest BCUT2D eigenvalue weighted by molar-refractivity contribution is 7.10. The second kappa shape index (κ2) is 3.69. The van der Waals surface area contributed by atoms with Gasteiger partial charge in [-0.25, -0.2) is 4.79 Å². The Morgan fingerprint density at radius 3 is 2.75 bits per heavy atom. The number of hydrogen-bond acceptors (Lipinski definition) is 3. The highest BCUT2D eigenvalue weighted by atomic mass is 35.5. The van der Waals surface area contributed by atoms with Crippen LogP contribution in [-0.2, 0) is 11.2 Å². The van der Waals surface area contributed by atoms with Crippen molar-refractivity contribution in [3.05, 3.63) is 21.9 Å². The average molecular weight is 205 g/mol. The van der Waals surface area contributed by atoms with Crippen molar-refractivity contribution in [3.63, 3.8) is 0 Å². The van der Waals surface area contributed by atoms with Gasteiger partial charge in [0.25, 0.3) is 0 Å². The molecule has 1 rings (SSSR count). The maximum atomic E-state index is 10.5. The lowest BCUT2D eigenvalue weighted by atomic mass is 10.2. The van der Waals surface area contributed by atoms with Crippen LogP contribution in [0.1, 0.15) is 15.2 Å². The largest absolute Gasteiger partial charge is 0.478 e. The summed E-state index contributed by atoms with van der Waals surface area (Å²) < 4.78 is 0. The molecule has 0 unspecified atom stereocenters. The molecule has 0 aliphatic heterocycles.